The van der Waals surface area contributed by atoms with Gasteiger partial charge in [-0.2, -0.15) is 0 Å². The molecule has 4 nitrogen and oxygen atoms in total. The summed E-state index contributed by atoms with van der Waals surface area (Å²) in [6, 6.07) is 8.12. The van der Waals surface area contributed by atoms with Crippen LogP contribution in [0.1, 0.15) is 19.6 Å². The molecule has 2 aromatic heterocycles. The molecule has 3 rings (SSSR count). The molecular formula is C17H23N3O. The van der Waals surface area contributed by atoms with Crippen LogP contribution in [-0.4, -0.2) is 48.0 Å². The summed E-state index contributed by atoms with van der Waals surface area (Å²) in [4.78, 5) is 8.93. The van der Waals surface area contributed by atoms with Crippen molar-refractivity contribution >= 4 is 0 Å². The van der Waals surface area contributed by atoms with Gasteiger partial charge in [-0.25, -0.2) is 0 Å². The Kier molecular flexibility index (Phi) is 3.83. The molecule has 1 fully saturated rings. The number of hydrogen-bond acceptors (Lipinski definition) is 4. The van der Waals surface area contributed by atoms with E-state index < -0.39 is 0 Å². The van der Waals surface area contributed by atoms with Crippen LogP contribution in [-0.2, 0) is 5.54 Å². The van der Waals surface area contributed by atoms with Crippen molar-refractivity contribution in [1.29, 1.82) is 0 Å². The first-order chi connectivity index (χ1) is 10.1. The zero-order valence-electron chi connectivity index (χ0n) is 13.0. The van der Waals surface area contributed by atoms with Gasteiger partial charge >= 0.3 is 0 Å². The summed E-state index contributed by atoms with van der Waals surface area (Å²) in [6.07, 6.45) is 3.59. The van der Waals surface area contributed by atoms with Crippen LogP contribution in [0, 0.1) is 0 Å². The van der Waals surface area contributed by atoms with Gasteiger partial charge in [0, 0.05) is 44.1 Å². The van der Waals surface area contributed by atoms with Gasteiger partial charge in [-0.1, -0.05) is 0 Å². The lowest BCUT2D eigenvalue weighted by molar-refractivity contribution is 0.0471. The molecule has 1 saturated heterocycles. The molecule has 2 aromatic rings. The molecule has 4 heteroatoms. The molecule has 1 aliphatic rings. The third-order valence-corrected chi connectivity index (χ3v) is 4.47. The van der Waals surface area contributed by atoms with E-state index in [0.29, 0.717) is 0 Å². The molecule has 0 atom stereocenters. The molecule has 0 unspecified atom stereocenters. The number of nitrogens with zero attached hydrogens (tertiary/aromatic N) is 3. The van der Waals surface area contributed by atoms with E-state index in [9.17, 15) is 0 Å². The summed E-state index contributed by atoms with van der Waals surface area (Å²) < 4.78 is 6.13. The first-order valence-corrected chi connectivity index (χ1v) is 7.52. The van der Waals surface area contributed by atoms with Crippen molar-refractivity contribution in [1.82, 2.24) is 14.8 Å². The van der Waals surface area contributed by atoms with Gasteiger partial charge in [0.1, 0.15) is 11.5 Å². The minimum absolute atomic E-state index is 0.0768. The summed E-state index contributed by atoms with van der Waals surface area (Å²) in [7, 11) is 2.18. The lowest BCUT2D eigenvalue weighted by Crippen LogP contribution is -2.52. The molecule has 0 aliphatic carbocycles. The normalized spacial score (nSPS) is 18.0. The van der Waals surface area contributed by atoms with Crippen molar-refractivity contribution in [2.75, 3.05) is 33.2 Å². The number of likely N-dealkylation sites (N-methyl/N-ethyl adjacent to an activating group) is 1. The fourth-order valence-electron chi connectivity index (χ4n) is 2.86. The van der Waals surface area contributed by atoms with Crippen LogP contribution in [0.25, 0.3) is 11.3 Å². The van der Waals surface area contributed by atoms with E-state index in [1.807, 2.05) is 12.1 Å². The van der Waals surface area contributed by atoms with Gasteiger partial charge in [0.15, 0.2) is 0 Å². The largest absolute Gasteiger partial charge is 0.459 e. The van der Waals surface area contributed by atoms with E-state index in [4.69, 9.17) is 4.42 Å². The maximum absolute atomic E-state index is 6.13. The number of piperazine rings is 1. The first kappa shape index (κ1) is 14.3. The molecule has 0 bridgehead atoms. The van der Waals surface area contributed by atoms with Crippen molar-refractivity contribution in [3.63, 3.8) is 0 Å². The minimum atomic E-state index is -0.0768. The molecule has 0 N–H and O–H groups in total. The number of aromatic nitrogens is 1. The molecule has 112 valence electrons. The first-order valence-electron chi connectivity index (χ1n) is 7.52. The number of pyridine rings is 1. The average Bonchev–Trinajstić information content (AvgIpc) is 2.99. The Morgan fingerprint density at radius 2 is 1.67 bits per heavy atom. The maximum Gasteiger partial charge on any atom is 0.134 e. The molecule has 0 aromatic carbocycles. The van der Waals surface area contributed by atoms with Crippen LogP contribution < -0.4 is 0 Å². The van der Waals surface area contributed by atoms with Gasteiger partial charge in [0.05, 0.1) is 5.54 Å². The third kappa shape index (κ3) is 2.87. The van der Waals surface area contributed by atoms with Gasteiger partial charge in [-0.3, -0.25) is 9.88 Å². The molecule has 0 spiro atoms. The van der Waals surface area contributed by atoms with Crippen molar-refractivity contribution in [3.05, 3.63) is 42.4 Å². The van der Waals surface area contributed by atoms with E-state index in [2.05, 4.69) is 47.8 Å². The second-order valence-electron chi connectivity index (χ2n) is 6.25. The number of hydrogen-bond donors (Lipinski definition) is 0. The van der Waals surface area contributed by atoms with Crippen LogP contribution in [0.4, 0.5) is 0 Å². The molecule has 21 heavy (non-hydrogen) atoms. The van der Waals surface area contributed by atoms with Crippen LogP contribution in [0.3, 0.4) is 0 Å². The monoisotopic (exact) mass is 285 g/mol. The number of furan rings is 1. The second-order valence-corrected chi connectivity index (χ2v) is 6.25. The smallest absolute Gasteiger partial charge is 0.134 e. The topological polar surface area (TPSA) is 32.5 Å². The van der Waals surface area contributed by atoms with Gasteiger partial charge < -0.3 is 9.32 Å². The highest BCUT2D eigenvalue weighted by Crippen LogP contribution is 2.32. The third-order valence-electron chi connectivity index (χ3n) is 4.47. The highest BCUT2D eigenvalue weighted by atomic mass is 16.3. The van der Waals surface area contributed by atoms with Crippen LogP contribution in [0.2, 0.25) is 0 Å². The minimum Gasteiger partial charge on any atom is -0.459 e. The predicted molar refractivity (Wildman–Crippen MR) is 84.0 cm³/mol. The lowest BCUT2D eigenvalue weighted by atomic mass is 9.98. The maximum atomic E-state index is 6.13. The molecule has 3 heterocycles. The zero-order chi connectivity index (χ0) is 14.9. The highest BCUT2D eigenvalue weighted by Gasteiger charge is 2.33. The van der Waals surface area contributed by atoms with Gasteiger partial charge in [-0.05, 0) is 45.2 Å². The van der Waals surface area contributed by atoms with Crippen molar-refractivity contribution in [2.45, 2.75) is 19.4 Å². The Bertz CT molecular complexity index is 583. The Morgan fingerprint density at radius 3 is 2.33 bits per heavy atom. The van der Waals surface area contributed by atoms with E-state index in [1.165, 1.54) is 0 Å². The second kappa shape index (κ2) is 5.62. The molecule has 1 aliphatic heterocycles. The van der Waals surface area contributed by atoms with Crippen molar-refractivity contribution in [2.24, 2.45) is 0 Å². The fraction of sp³-hybridized carbons (Fsp3) is 0.471. The van der Waals surface area contributed by atoms with Crippen LogP contribution >= 0.6 is 0 Å². The summed E-state index contributed by atoms with van der Waals surface area (Å²) in [5.74, 6) is 1.94. The van der Waals surface area contributed by atoms with Gasteiger partial charge in [0.2, 0.25) is 0 Å². The molecular weight excluding hydrogens is 262 g/mol. The summed E-state index contributed by atoms with van der Waals surface area (Å²) >= 11 is 0. The summed E-state index contributed by atoms with van der Waals surface area (Å²) in [5.41, 5.74) is 0.998. The Morgan fingerprint density at radius 1 is 1.00 bits per heavy atom. The van der Waals surface area contributed by atoms with Crippen LogP contribution in [0.5, 0.6) is 0 Å². The average molecular weight is 285 g/mol. The standard InChI is InChI=1S/C17H23N3O/c1-17(2,20-12-10-19(3)11-13-20)16-5-4-15(21-16)14-6-8-18-9-7-14/h4-9H,10-13H2,1-3H3. The molecule has 0 amide bonds. The SMILES string of the molecule is CN1CCN(C(C)(C)c2ccc(-c3ccncc3)o2)CC1. The Labute approximate surface area is 126 Å². The van der Waals surface area contributed by atoms with Gasteiger partial charge in [-0.15, -0.1) is 0 Å². The fourth-order valence-corrected chi connectivity index (χ4v) is 2.86. The number of rotatable bonds is 3. The summed E-state index contributed by atoms with van der Waals surface area (Å²) in [6.45, 7) is 8.87. The van der Waals surface area contributed by atoms with E-state index in [0.717, 1.165) is 43.3 Å². The molecule has 0 saturated carbocycles. The predicted octanol–water partition coefficient (Wildman–Crippen LogP) is 2.82. The lowest BCUT2D eigenvalue weighted by Gasteiger charge is -2.42. The Balaban J connectivity index is 1.81. The highest BCUT2D eigenvalue weighted by molar-refractivity contribution is 5.56. The van der Waals surface area contributed by atoms with E-state index in [1.54, 1.807) is 12.4 Å². The van der Waals surface area contributed by atoms with Crippen molar-refractivity contribution in [3.8, 4) is 11.3 Å². The molecule has 0 radical (unpaired) electrons. The quantitative estimate of drug-likeness (QED) is 0.868. The van der Waals surface area contributed by atoms with Crippen LogP contribution in [0.15, 0.2) is 41.1 Å². The van der Waals surface area contributed by atoms with E-state index in [-0.39, 0.29) is 5.54 Å². The summed E-state index contributed by atoms with van der Waals surface area (Å²) in [5, 5.41) is 0. The van der Waals surface area contributed by atoms with Crippen molar-refractivity contribution < 1.29 is 4.42 Å². The Hall–Kier alpha value is -1.65. The van der Waals surface area contributed by atoms with E-state index >= 15 is 0 Å². The van der Waals surface area contributed by atoms with Gasteiger partial charge in [0.25, 0.3) is 0 Å². The zero-order valence-corrected chi connectivity index (χ0v) is 13.0.